The maximum absolute atomic E-state index is 13.0. The Kier molecular flexibility index (Phi) is 5.96. The van der Waals surface area contributed by atoms with E-state index in [0.717, 1.165) is 30.7 Å². The van der Waals surface area contributed by atoms with Crippen molar-refractivity contribution in [2.75, 3.05) is 20.7 Å². The fourth-order valence-electron chi connectivity index (χ4n) is 2.51. The minimum absolute atomic E-state index is 0.182. The molecule has 22 heavy (non-hydrogen) atoms. The molecular weight excluding hydrogens is 277 g/mol. The summed E-state index contributed by atoms with van der Waals surface area (Å²) in [4.78, 5) is 2.30. The smallest absolute Gasteiger partial charge is 0.123 e. The number of aryl methyl sites for hydroxylation is 1. The molecular formula is C19H24FNO. The number of halogens is 1. The van der Waals surface area contributed by atoms with Crippen molar-refractivity contribution in [1.82, 2.24) is 4.90 Å². The Morgan fingerprint density at radius 1 is 1.05 bits per heavy atom. The van der Waals surface area contributed by atoms with Gasteiger partial charge in [0, 0.05) is 6.04 Å². The Balaban J connectivity index is 1.81. The van der Waals surface area contributed by atoms with Crippen LogP contribution in [0.15, 0.2) is 48.5 Å². The van der Waals surface area contributed by atoms with Gasteiger partial charge in [0.1, 0.15) is 11.6 Å². The van der Waals surface area contributed by atoms with Crippen LogP contribution in [-0.2, 0) is 6.42 Å². The van der Waals surface area contributed by atoms with Crippen LogP contribution in [0, 0.1) is 5.82 Å². The van der Waals surface area contributed by atoms with Gasteiger partial charge in [-0.2, -0.15) is 0 Å². The molecule has 0 heterocycles. The average Bonchev–Trinajstić information content (AvgIpc) is 2.55. The van der Waals surface area contributed by atoms with Crippen molar-refractivity contribution >= 4 is 0 Å². The van der Waals surface area contributed by atoms with Crippen molar-refractivity contribution in [2.24, 2.45) is 0 Å². The first kappa shape index (κ1) is 16.5. The molecule has 1 unspecified atom stereocenters. The lowest BCUT2D eigenvalue weighted by atomic mass is 10.1. The topological polar surface area (TPSA) is 12.5 Å². The van der Waals surface area contributed by atoms with E-state index in [0.29, 0.717) is 0 Å². The van der Waals surface area contributed by atoms with Crippen molar-refractivity contribution in [3.05, 3.63) is 65.5 Å². The minimum Gasteiger partial charge on any atom is -0.497 e. The molecule has 0 saturated heterocycles. The number of methoxy groups -OCH3 is 1. The summed E-state index contributed by atoms with van der Waals surface area (Å²) in [6.45, 7) is 3.16. The molecule has 2 nitrogen and oxygen atoms in total. The molecule has 0 fully saturated rings. The lowest BCUT2D eigenvalue weighted by molar-refractivity contribution is 0.258. The van der Waals surface area contributed by atoms with E-state index in [1.54, 1.807) is 7.11 Å². The molecule has 0 aliphatic heterocycles. The Labute approximate surface area is 132 Å². The third-order valence-electron chi connectivity index (χ3n) is 4.15. The lowest BCUT2D eigenvalue weighted by Crippen LogP contribution is -2.23. The summed E-state index contributed by atoms with van der Waals surface area (Å²) in [6.07, 6.45) is 2.14. The number of ether oxygens (including phenoxy) is 1. The van der Waals surface area contributed by atoms with Gasteiger partial charge < -0.3 is 4.74 Å². The van der Waals surface area contributed by atoms with E-state index < -0.39 is 0 Å². The van der Waals surface area contributed by atoms with Crippen LogP contribution in [-0.4, -0.2) is 25.6 Å². The Hall–Kier alpha value is -1.87. The molecule has 0 N–H and O–H groups in total. The fourth-order valence-corrected chi connectivity index (χ4v) is 2.51. The van der Waals surface area contributed by atoms with E-state index in [4.69, 9.17) is 4.74 Å². The predicted octanol–water partition coefficient (Wildman–Crippen LogP) is 4.46. The van der Waals surface area contributed by atoms with Gasteiger partial charge in [-0.1, -0.05) is 24.3 Å². The van der Waals surface area contributed by atoms with Crippen LogP contribution in [0.3, 0.4) is 0 Å². The molecule has 0 spiro atoms. The maximum atomic E-state index is 13.0. The second-order valence-electron chi connectivity index (χ2n) is 5.66. The van der Waals surface area contributed by atoms with Gasteiger partial charge in [0.2, 0.25) is 0 Å². The number of hydrogen-bond donors (Lipinski definition) is 0. The zero-order valence-corrected chi connectivity index (χ0v) is 13.6. The second kappa shape index (κ2) is 7.95. The zero-order valence-electron chi connectivity index (χ0n) is 13.6. The molecule has 0 amide bonds. The summed E-state index contributed by atoms with van der Waals surface area (Å²) in [5.74, 6) is 0.712. The van der Waals surface area contributed by atoms with Crippen LogP contribution < -0.4 is 4.74 Å². The molecule has 0 aromatic heterocycles. The largest absolute Gasteiger partial charge is 0.497 e. The summed E-state index contributed by atoms with van der Waals surface area (Å²) in [5, 5.41) is 0. The summed E-state index contributed by atoms with van der Waals surface area (Å²) in [6, 6.07) is 15.3. The first-order valence-electron chi connectivity index (χ1n) is 7.69. The molecule has 2 rings (SSSR count). The molecule has 0 aliphatic carbocycles. The Morgan fingerprint density at radius 2 is 1.68 bits per heavy atom. The highest BCUT2D eigenvalue weighted by molar-refractivity contribution is 5.27. The number of rotatable bonds is 7. The number of benzene rings is 2. The van der Waals surface area contributed by atoms with E-state index in [1.165, 1.54) is 17.7 Å². The van der Waals surface area contributed by atoms with Crippen LogP contribution >= 0.6 is 0 Å². The quantitative estimate of drug-likeness (QED) is 0.748. The Morgan fingerprint density at radius 3 is 2.27 bits per heavy atom. The average molecular weight is 301 g/mol. The number of hydrogen-bond acceptors (Lipinski definition) is 2. The van der Waals surface area contributed by atoms with Gasteiger partial charge in [0.25, 0.3) is 0 Å². The predicted molar refractivity (Wildman–Crippen MR) is 88.8 cm³/mol. The van der Waals surface area contributed by atoms with Crippen LogP contribution in [0.25, 0.3) is 0 Å². The molecule has 0 aliphatic rings. The van der Waals surface area contributed by atoms with Gasteiger partial charge in [-0.3, -0.25) is 4.90 Å². The highest BCUT2D eigenvalue weighted by Crippen LogP contribution is 2.19. The van der Waals surface area contributed by atoms with Gasteiger partial charge in [0.15, 0.2) is 0 Å². The van der Waals surface area contributed by atoms with Crippen LogP contribution in [0.4, 0.5) is 4.39 Å². The highest BCUT2D eigenvalue weighted by Gasteiger charge is 2.11. The first-order valence-corrected chi connectivity index (χ1v) is 7.69. The summed E-state index contributed by atoms with van der Waals surface area (Å²) < 4.78 is 18.1. The van der Waals surface area contributed by atoms with Crippen LogP contribution in [0.5, 0.6) is 5.75 Å². The lowest BCUT2D eigenvalue weighted by Gasteiger charge is -2.25. The van der Waals surface area contributed by atoms with Crippen molar-refractivity contribution in [1.29, 1.82) is 0 Å². The van der Waals surface area contributed by atoms with E-state index >= 15 is 0 Å². The van der Waals surface area contributed by atoms with Crippen molar-refractivity contribution in [3.63, 3.8) is 0 Å². The molecule has 1 atom stereocenters. The minimum atomic E-state index is -0.182. The van der Waals surface area contributed by atoms with Crippen molar-refractivity contribution < 1.29 is 9.13 Å². The monoisotopic (exact) mass is 301 g/mol. The summed E-state index contributed by atoms with van der Waals surface area (Å²) in [5.41, 5.74) is 2.47. The molecule has 0 radical (unpaired) electrons. The van der Waals surface area contributed by atoms with E-state index in [9.17, 15) is 4.39 Å². The second-order valence-corrected chi connectivity index (χ2v) is 5.66. The van der Waals surface area contributed by atoms with E-state index in [1.807, 2.05) is 24.3 Å². The highest BCUT2D eigenvalue weighted by atomic mass is 19.1. The fraction of sp³-hybridized carbons (Fsp3) is 0.368. The molecule has 2 aromatic carbocycles. The molecule has 0 saturated carbocycles. The standard InChI is InChI=1S/C19H24FNO/c1-15(17-8-10-18(20)11-9-17)21(2)14-4-5-16-6-12-19(22-3)13-7-16/h6-13,15H,4-5,14H2,1-3H3. The molecule has 118 valence electrons. The number of nitrogens with zero attached hydrogens (tertiary/aromatic N) is 1. The Bertz CT molecular complexity index is 565. The molecule has 0 bridgehead atoms. The third kappa shape index (κ3) is 4.57. The van der Waals surface area contributed by atoms with Crippen molar-refractivity contribution in [3.8, 4) is 5.75 Å². The van der Waals surface area contributed by atoms with Crippen molar-refractivity contribution in [2.45, 2.75) is 25.8 Å². The van der Waals surface area contributed by atoms with E-state index in [2.05, 4.69) is 31.0 Å². The van der Waals surface area contributed by atoms with Gasteiger partial charge in [-0.15, -0.1) is 0 Å². The summed E-state index contributed by atoms with van der Waals surface area (Å²) in [7, 11) is 3.79. The van der Waals surface area contributed by atoms with E-state index in [-0.39, 0.29) is 11.9 Å². The van der Waals surface area contributed by atoms with Gasteiger partial charge >= 0.3 is 0 Å². The van der Waals surface area contributed by atoms with Gasteiger partial charge in [-0.05, 0) is 68.8 Å². The maximum Gasteiger partial charge on any atom is 0.123 e. The third-order valence-corrected chi connectivity index (χ3v) is 4.15. The summed E-state index contributed by atoms with van der Waals surface area (Å²) >= 11 is 0. The molecule has 3 heteroatoms. The zero-order chi connectivity index (χ0) is 15.9. The van der Waals surface area contributed by atoms with Gasteiger partial charge in [0.05, 0.1) is 7.11 Å². The first-order chi connectivity index (χ1) is 10.6. The van der Waals surface area contributed by atoms with Gasteiger partial charge in [-0.25, -0.2) is 4.39 Å². The van der Waals surface area contributed by atoms with Crippen LogP contribution in [0.1, 0.15) is 30.5 Å². The molecule has 2 aromatic rings. The normalized spacial score (nSPS) is 12.4. The van der Waals surface area contributed by atoms with Crippen LogP contribution in [0.2, 0.25) is 0 Å². The SMILES string of the molecule is COc1ccc(CCCN(C)C(C)c2ccc(F)cc2)cc1.